The molecule has 0 saturated carbocycles. The van der Waals surface area contributed by atoms with Crippen LogP contribution in [0.1, 0.15) is 49.3 Å². The van der Waals surface area contributed by atoms with E-state index in [1.165, 1.54) is 19.4 Å². The van der Waals surface area contributed by atoms with Crippen LogP contribution in [0.2, 0.25) is 0 Å². The van der Waals surface area contributed by atoms with E-state index in [9.17, 15) is 8.42 Å². The van der Waals surface area contributed by atoms with Crippen LogP contribution >= 0.6 is 0 Å². The molecule has 6 heteroatoms. The van der Waals surface area contributed by atoms with E-state index in [0.29, 0.717) is 30.1 Å². The standard InChI is InChI=1S/C21H35N3O2S/c1-5-23-10-6-7-20(23)15-22-19-8-11-24(12-9-19)27(25,26)21-17(3)13-16(2)14-18(21)4/h13-14,19-20,22H,5-12,15H2,1-4H3. The topological polar surface area (TPSA) is 52.6 Å². The first-order valence-electron chi connectivity index (χ1n) is 10.4. The van der Waals surface area contributed by atoms with Crippen molar-refractivity contribution in [2.45, 2.75) is 70.4 Å². The lowest BCUT2D eigenvalue weighted by Gasteiger charge is -2.33. The maximum atomic E-state index is 13.2. The molecule has 27 heavy (non-hydrogen) atoms. The summed E-state index contributed by atoms with van der Waals surface area (Å²) in [4.78, 5) is 3.05. The summed E-state index contributed by atoms with van der Waals surface area (Å²) in [5.41, 5.74) is 2.82. The predicted molar refractivity (Wildman–Crippen MR) is 111 cm³/mol. The van der Waals surface area contributed by atoms with Crippen LogP contribution in [0.4, 0.5) is 0 Å². The van der Waals surface area contributed by atoms with Gasteiger partial charge in [-0.15, -0.1) is 0 Å². The summed E-state index contributed by atoms with van der Waals surface area (Å²) in [6, 6.07) is 5.01. The molecule has 1 atom stereocenters. The molecule has 2 heterocycles. The van der Waals surface area contributed by atoms with Gasteiger partial charge < -0.3 is 5.32 Å². The third-order valence-electron chi connectivity index (χ3n) is 6.20. The van der Waals surface area contributed by atoms with Gasteiger partial charge in [0.05, 0.1) is 4.90 Å². The van der Waals surface area contributed by atoms with E-state index >= 15 is 0 Å². The van der Waals surface area contributed by atoms with Gasteiger partial charge in [-0.25, -0.2) is 8.42 Å². The fraction of sp³-hybridized carbons (Fsp3) is 0.714. The van der Waals surface area contributed by atoms with E-state index in [2.05, 4.69) is 17.1 Å². The first-order valence-corrected chi connectivity index (χ1v) is 11.8. The number of hydrogen-bond donors (Lipinski definition) is 1. The van der Waals surface area contributed by atoms with Crippen LogP contribution in [-0.2, 0) is 10.0 Å². The summed E-state index contributed by atoms with van der Waals surface area (Å²) in [6.07, 6.45) is 4.36. The molecular formula is C21H35N3O2S. The molecule has 2 aliphatic heterocycles. The van der Waals surface area contributed by atoms with Crippen LogP contribution in [0.15, 0.2) is 17.0 Å². The third kappa shape index (κ3) is 4.56. The minimum Gasteiger partial charge on any atom is -0.312 e. The second-order valence-electron chi connectivity index (χ2n) is 8.24. The van der Waals surface area contributed by atoms with Gasteiger partial charge in [-0.1, -0.05) is 24.6 Å². The summed E-state index contributed by atoms with van der Waals surface area (Å²) in [7, 11) is -3.41. The Morgan fingerprint density at radius 2 is 1.67 bits per heavy atom. The molecule has 1 aromatic carbocycles. The summed E-state index contributed by atoms with van der Waals surface area (Å²) < 4.78 is 28.1. The molecule has 0 aromatic heterocycles. The number of piperidine rings is 1. The van der Waals surface area contributed by atoms with E-state index in [-0.39, 0.29) is 0 Å². The Hall–Kier alpha value is -0.950. The van der Waals surface area contributed by atoms with Crippen LogP contribution in [0, 0.1) is 20.8 Å². The van der Waals surface area contributed by atoms with Crippen molar-refractivity contribution < 1.29 is 8.42 Å². The van der Waals surface area contributed by atoms with Gasteiger partial charge in [0, 0.05) is 31.7 Å². The van der Waals surface area contributed by atoms with Crippen LogP contribution in [-0.4, -0.2) is 62.4 Å². The van der Waals surface area contributed by atoms with Crippen LogP contribution in [0.5, 0.6) is 0 Å². The first-order chi connectivity index (χ1) is 12.8. The smallest absolute Gasteiger partial charge is 0.243 e. The minimum absolute atomic E-state index is 0.427. The summed E-state index contributed by atoms with van der Waals surface area (Å²) >= 11 is 0. The van der Waals surface area contributed by atoms with Gasteiger partial charge in [0.2, 0.25) is 10.0 Å². The molecule has 5 nitrogen and oxygen atoms in total. The van der Waals surface area contributed by atoms with Crippen molar-refractivity contribution in [3.8, 4) is 0 Å². The van der Waals surface area contributed by atoms with E-state index in [1.54, 1.807) is 4.31 Å². The number of rotatable bonds is 6. The van der Waals surface area contributed by atoms with Gasteiger partial charge >= 0.3 is 0 Å². The van der Waals surface area contributed by atoms with Crippen molar-refractivity contribution in [2.24, 2.45) is 0 Å². The molecule has 152 valence electrons. The summed E-state index contributed by atoms with van der Waals surface area (Å²) in [5.74, 6) is 0. The van der Waals surface area contributed by atoms with Crippen molar-refractivity contribution in [2.75, 3.05) is 32.7 Å². The molecule has 2 aliphatic rings. The number of sulfonamides is 1. The lowest BCUT2D eigenvalue weighted by molar-refractivity contribution is 0.234. The molecule has 0 aliphatic carbocycles. The van der Waals surface area contributed by atoms with Crippen LogP contribution < -0.4 is 5.32 Å². The largest absolute Gasteiger partial charge is 0.312 e. The average molecular weight is 394 g/mol. The van der Waals surface area contributed by atoms with E-state index in [0.717, 1.165) is 42.6 Å². The molecule has 0 spiro atoms. The number of aryl methyl sites for hydroxylation is 3. The Labute approximate surface area is 165 Å². The molecule has 2 fully saturated rings. The Morgan fingerprint density at radius 3 is 2.26 bits per heavy atom. The minimum atomic E-state index is -3.41. The van der Waals surface area contributed by atoms with Gasteiger partial charge in [0.15, 0.2) is 0 Å². The number of hydrogen-bond acceptors (Lipinski definition) is 4. The number of nitrogens with zero attached hydrogens (tertiary/aromatic N) is 2. The average Bonchev–Trinajstić information content (AvgIpc) is 3.06. The van der Waals surface area contributed by atoms with Crippen molar-refractivity contribution in [3.63, 3.8) is 0 Å². The number of likely N-dealkylation sites (N-methyl/N-ethyl adjacent to an activating group) is 1. The zero-order valence-electron chi connectivity index (χ0n) is 17.3. The fourth-order valence-electron chi connectivity index (χ4n) is 4.85. The molecule has 3 rings (SSSR count). The predicted octanol–water partition coefficient (Wildman–Crippen LogP) is 2.84. The maximum Gasteiger partial charge on any atom is 0.243 e. The highest BCUT2D eigenvalue weighted by Crippen LogP contribution is 2.27. The summed E-state index contributed by atoms with van der Waals surface area (Å²) in [5, 5.41) is 3.71. The van der Waals surface area contributed by atoms with Crippen LogP contribution in [0.25, 0.3) is 0 Å². The molecule has 0 radical (unpaired) electrons. The molecule has 0 amide bonds. The Balaban J connectivity index is 1.59. The second-order valence-corrected chi connectivity index (χ2v) is 10.1. The monoisotopic (exact) mass is 393 g/mol. The number of likely N-dealkylation sites (tertiary alicyclic amines) is 1. The third-order valence-corrected chi connectivity index (χ3v) is 8.41. The molecule has 0 bridgehead atoms. The maximum absolute atomic E-state index is 13.2. The molecule has 1 N–H and O–H groups in total. The van der Waals surface area contributed by atoms with Crippen molar-refractivity contribution in [1.29, 1.82) is 0 Å². The fourth-order valence-corrected chi connectivity index (χ4v) is 6.73. The molecule has 1 aromatic rings. The van der Waals surface area contributed by atoms with Gasteiger partial charge in [0.1, 0.15) is 0 Å². The normalized spacial score (nSPS) is 23.2. The second kappa shape index (κ2) is 8.60. The van der Waals surface area contributed by atoms with Gasteiger partial charge in [-0.3, -0.25) is 4.90 Å². The lowest BCUT2D eigenvalue weighted by Crippen LogP contribution is -2.48. The molecule has 2 saturated heterocycles. The molecular weight excluding hydrogens is 358 g/mol. The Bertz CT molecular complexity index is 732. The zero-order chi connectivity index (χ0) is 19.6. The summed E-state index contributed by atoms with van der Waals surface area (Å²) in [6.45, 7) is 12.6. The van der Waals surface area contributed by atoms with E-state index in [1.807, 2.05) is 32.9 Å². The van der Waals surface area contributed by atoms with Crippen molar-refractivity contribution >= 4 is 10.0 Å². The Kier molecular flexibility index (Phi) is 6.62. The van der Waals surface area contributed by atoms with Gasteiger partial charge in [-0.2, -0.15) is 4.31 Å². The quantitative estimate of drug-likeness (QED) is 0.807. The number of benzene rings is 1. The van der Waals surface area contributed by atoms with Gasteiger partial charge in [-0.05, 0) is 70.7 Å². The highest BCUT2D eigenvalue weighted by molar-refractivity contribution is 7.89. The number of nitrogens with one attached hydrogen (secondary N) is 1. The van der Waals surface area contributed by atoms with Crippen LogP contribution in [0.3, 0.4) is 0 Å². The lowest BCUT2D eigenvalue weighted by atomic mass is 10.1. The van der Waals surface area contributed by atoms with E-state index in [4.69, 9.17) is 0 Å². The van der Waals surface area contributed by atoms with Gasteiger partial charge in [0.25, 0.3) is 0 Å². The Morgan fingerprint density at radius 1 is 1.04 bits per heavy atom. The highest BCUT2D eigenvalue weighted by Gasteiger charge is 2.32. The first kappa shape index (κ1) is 20.8. The van der Waals surface area contributed by atoms with Crippen molar-refractivity contribution in [3.05, 3.63) is 28.8 Å². The van der Waals surface area contributed by atoms with Crippen molar-refractivity contribution in [1.82, 2.24) is 14.5 Å². The van der Waals surface area contributed by atoms with E-state index < -0.39 is 10.0 Å². The SMILES string of the molecule is CCN1CCCC1CNC1CCN(S(=O)(=O)c2c(C)cc(C)cc2C)CC1. The highest BCUT2D eigenvalue weighted by atomic mass is 32.2. The zero-order valence-corrected chi connectivity index (χ0v) is 18.1. The molecule has 1 unspecified atom stereocenters.